The molecule has 3 nitrogen and oxygen atoms in total. The van der Waals surface area contributed by atoms with Gasteiger partial charge in [-0.3, -0.25) is 5.43 Å². The summed E-state index contributed by atoms with van der Waals surface area (Å²) in [6.07, 6.45) is 9.49. The lowest BCUT2D eigenvalue weighted by atomic mass is 9.95. The molecule has 1 aliphatic heterocycles. The number of piperidine rings is 1. The Balaban J connectivity index is 1.50. The van der Waals surface area contributed by atoms with Gasteiger partial charge < -0.3 is 5.32 Å². The summed E-state index contributed by atoms with van der Waals surface area (Å²) in [5, 5.41) is 6.78. The molecule has 0 unspecified atom stereocenters. The van der Waals surface area contributed by atoms with E-state index in [0.717, 1.165) is 16.9 Å². The van der Waals surface area contributed by atoms with Gasteiger partial charge in [0, 0.05) is 18.1 Å². The van der Waals surface area contributed by atoms with Gasteiger partial charge in [-0.2, -0.15) is 0 Å². The van der Waals surface area contributed by atoms with Crippen molar-refractivity contribution in [1.82, 2.24) is 15.8 Å². The van der Waals surface area contributed by atoms with Crippen molar-refractivity contribution in [1.29, 1.82) is 0 Å². The van der Waals surface area contributed by atoms with Crippen LogP contribution in [0.15, 0.2) is 0 Å². The molecule has 3 rings (SSSR count). The Hall–Kier alpha value is -0.350. The highest BCUT2D eigenvalue weighted by Crippen LogP contribution is 2.44. The highest BCUT2D eigenvalue weighted by atomic mass is 32.1. The van der Waals surface area contributed by atoms with Gasteiger partial charge in [-0.25, -0.2) is 5.01 Å². The summed E-state index contributed by atoms with van der Waals surface area (Å²) < 4.78 is 0. The first kappa shape index (κ1) is 13.6. The maximum absolute atomic E-state index is 5.53. The number of nitrogens with zero attached hydrogens (tertiary/aromatic N) is 1. The van der Waals surface area contributed by atoms with E-state index in [4.69, 9.17) is 12.2 Å². The van der Waals surface area contributed by atoms with Crippen LogP contribution in [0.4, 0.5) is 0 Å². The Morgan fingerprint density at radius 2 is 1.79 bits per heavy atom. The average molecular weight is 281 g/mol. The molecule has 0 aromatic carbocycles. The van der Waals surface area contributed by atoms with Crippen LogP contribution in [0.3, 0.4) is 0 Å². The van der Waals surface area contributed by atoms with Gasteiger partial charge in [0.2, 0.25) is 0 Å². The van der Waals surface area contributed by atoms with Crippen molar-refractivity contribution in [3.8, 4) is 0 Å². The van der Waals surface area contributed by atoms with Crippen molar-refractivity contribution in [3.63, 3.8) is 0 Å². The molecule has 108 valence electrons. The molecular weight excluding hydrogens is 254 g/mol. The van der Waals surface area contributed by atoms with Crippen molar-refractivity contribution in [3.05, 3.63) is 0 Å². The Bertz CT molecular complexity index is 336. The second kappa shape index (κ2) is 5.57. The highest BCUT2D eigenvalue weighted by Gasteiger charge is 2.39. The topological polar surface area (TPSA) is 27.3 Å². The normalized spacial score (nSPS) is 42.3. The monoisotopic (exact) mass is 281 g/mol. The lowest BCUT2D eigenvalue weighted by molar-refractivity contribution is 0.0731. The molecule has 1 saturated heterocycles. The molecule has 4 heteroatoms. The number of hydrazine groups is 1. The zero-order valence-corrected chi connectivity index (χ0v) is 13.0. The zero-order valence-electron chi connectivity index (χ0n) is 12.2. The van der Waals surface area contributed by atoms with Crippen LogP contribution in [0.25, 0.3) is 0 Å². The van der Waals surface area contributed by atoms with Crippen molar-refractivity contribution < 1.29 is 0 Å². The van der Waals surface area contributed by atoms with Crippen LogP contribution in [0, 0.1) is 11.8 Å². The predicted octanol–water partition coefficient (Wildman–Crippen LogP) is 2.82. The van der Waals surface area contributed by atoms with Gasteiger partial charge in [0.15, 0.2) is 5.11 Å². The van der Waals surface area contributed by atoms with Gasteiger partial charge >= 0.3 is 0 Å². The second-order valence-corrected chi connectivity index (χ2v) is 7.31. The Labute approximate surface area is 122 Å². The summed E-state index contributed by atoms with van der Waals surface area (Å²) in [7, 11) is 0. The number of rotatable bonds is 2. The van der Waals surface area contributed by atoms with Gasteiger partial charge in [0.25, 0.3) is 0 Å². The maximum atomic E-state index is 5.53. The fourth-order valence-electron chi connectivity index (χ4n) is 4.38. The highest BCUT2D eigenvalue weighted by molar-refractivity contribution is 7.80. The molecule has 0 aromatic rings. The number of fused-ring (bicyclic) bond motifs is 2. The van der Waals surface area contributed by atoms with E-state index >= 15 is 0 Å². The molecule has 2 bridgehead atoms. The van der Waals surface area contributed by atoms with Crippen LogP contribution in [0.5, 0.6) is 0 Å². The zero-order chi connectivity index (χ0) is 13.4. The summed E-state index contributed by atoms with van der Waals surface area (Å²) in [4.78, 5) is 0. The molecule has 0 amide bonds. The minimum atomic E-state index is 0.587. The van der Waals surface area contributed by atoms with Gasteiger partial charge in [0.1, 0.15) is 0 Å². The van der Waals surface area contributed by atoms with E-state index in [1.54, 1.807) is 0 Å². The maximum Gasteiger partial charge on any atom is 0.181 e. The molecule has 0 aromatic heterocycles. The number of hydrogen-bond acceptors (Lipinski definition) is 2. The van der Waals surface area contributed by atoms with E-state index in [-0.39, 0.29) is 0 Å². The van der Waals surface area contributed by atoms with E-state index in [1.807, 2.05) is 0 Å². The third kappa shape index (κ3) is 2.89. The fraction of sp³-hybridized carbons (Fsp3) is 0.933. The SMILES string of the molecule is C[C@@H]1CCC[C@@H](C)N1NC(=S)N[C@@H]1C[C@H]2CC[C@H]1C2. The third-order valence-electron chi connectivity index (χ3n) is 5.48. The fourth-order valence-corrected chi connectivity index (χ4v) is 4.64. The summed E-state index contributed by atoms with van der Waals surface area (Å²) in [5.41, 5.74) is 3.46. The van der Waals surface area contributed by atoms with Gasteiger partial charge in [-0.1, -0.05) is 12.8 Å². The molecule has 3 aliphatic rings. The van der Waals surface area contributed by atoms with Crippen molar-refractivity contribution in [2.75, 3.05) is 0 Å². The van der Waals surface area contributed by atoms with E-state index in [2.05, 4.69) is 29.6 Å². The molecular formula is C15H27N3S. The first-order valence-corrected chi connectivity index (χ1v) is 8.40. The lowest BCUT2D eigenvalue weighted by Gasteiger charge is -2.40. The molecule has 3 fully saturated rings. The first-order chi connectivity index (χ1) is 9.13. The van der Waals surface area contributed by atoms with Crippen molar-refractivity contribution in [2.45, 2.75) is 76.9 Å². The number of hydrogen-bond donors (Lipinski definition) is 2. The Morgan fingerprint density at radius 3 is 2.37 bits per heavy atom. The Morgan fingerprint density at radius 1 is 1.05 bits per heavy atom. The molecule has 0 spiro atoms. The minimum absolute atomic E-state index is 0.587. The van der Waals surface area contributed by atoms with E-state index in [0.29, 0.717) is 18.1 Å². The molecule has 0 radical (unpaired) electrons. The van der Waals surface area contributed by atoms with E-state index in [1.165, 1.54) is 44.9 Å². The van der Waals surface area contributed by atoms with Crippen LogP contribution < -0.4 is 10.7 Å². The smallest absolute Gasteiger partial charge is 0.181 e. The van der Waals surface area contributed by atoms with Crippen LogP contribution in [0.2, 0.25) is 0 Å². The molecule has 2 saturated carbocycles. The number of nitrogens with one attached hydrogen (secondary N) is 2. The largest absolute Gasteiger partial charge is 0.359 e. The van der Waals surface area contributed by atoms with Crippen LogP contribution in [-0.2, 0) is 0 Å². The van der Waals surface area contributed by atoms with Crippen LogP contribution in [-0.4, -0.2) is 28.2 Å². The van der Waals surface area contributed by atoms with Gasteiger partial charge in [-0.05, 0) is 70.0 Å². The quantitative estimate of drug-likeness (QED) is 0.761. The summed E-state index contributed by atoms with van der Waals surface area (Å²) in [6.45, 7) is 4.59. The van der Waals surface area contributed by atoms with Crippen molar-refractivity contribution >= 4 is 17.3 Å². The molecule has 2 N–H and O–H groups in total. The Kier molecular flexibility index (Phi) is 3.99. The van der Waals surface area contributed by atoms with E-state index < -0.39 is 0 Å². The first-order valence-electron chi connectivity index (χ1n) is 7.99. The minimum Gasteiger partial charge on any atom is -0.359 e. The summed E-state index contributed by atoms with van der Waals surface area (Å²) in [5.74, 6) is 1.85. The lowest BCUT2D eigenvalue weighted by Crippen LogP contribution is -2.58. The van der Waals surface area contributed by atoms with Crippen molar-refractivity contribution in [2.24, 2.45) is 11.8 Å². The van der Waals surface area contributed by atoms with Crippen LogP contribution >= 0.6 is 12.2 Å². The molecule has 5 atom stereocenters. The van der Waals surface area contributed by atoms with Crippen LogP contribution in [0.1, 0.15) is 58.8 Å². The average Bonchev–Trinajstić information content (AvgIpc) is 2.96. The van der Waals surface area contributed by atoms with Gasteiger partial charge in [0.05, 0.1) is 0 Å². The summed E-state index contributed by atoms with van der Waals surface area (Å²) in [6, 6.07) is 1.81. The third-order valence-corrected chi connectivity index (χ3v) is 5.69. The molecule has 2 aliphatic carbocycles. The molecule has 1 heterocycles. The number of thiocarbonyl (C=S) groups is 1. The second-order valence-electron chi connectivity index (χ2n) is 6.90. The van der Waals surface area contributed by atoms with Gasteiger partial charge in [-0.15, -0.1) is 0 Å². The summed E-state index contributed by atoms with van der Waals surface area (Å²) >= 11 is 5.53. The standard InChI is InChI=1S/C15H27N3S/c1-10-4-3-5-11(2)18(10)17-15(19)16-14-9-12-6-7-13(14)8-12/h10-14H,3-9H2,1-2H3,(H2,16,17,19)/t10-,11-,12+,13+,14-/m1/s1. The predicted molar refractivity (Wildman–Crippen MR) is 82.7 cm³/mol. The molecule has 19 heavy (non-hydrogen) atoms. The van der Waals surface area contributed by atoms with E-state index in [9.17, 15) is 0 Å².